The van der Waals surface area contributed by atoms with Gasteiger partial charge in [0, 0.05) is 0 Å². The van der Waals surface area contributed by atoms with E-state index in [1.807, 2.05) is 30.3 Å². The van der Waals surface area contributed by atoms with Crippen LogP contribution in [0.2, 0.25) is 0 Å². The zero-order chi connectivity index (χ0) is 13.6. The van der Waals surface area contributed by atoms with Crippen LogP contribution in [0.25, 0.3) is 0 Å². The number of benzene rings is 1. The maximum atomic E-state index is 12.2. The fourth-order valence-electron chi connectivity index (χ4n) is 2.46. The van der Waals surface area contributed by atoms with Crippen molar-refractivity contribution in [1.29, 1.82) is 0 Å². The largest absolute Gasteiger partial charge is 0.334 e. The number of likely N-dealkylation sites (tertiary alicyclic amines) is 1. The Morgan fingerprint density at radius 3 is 2.11 bits per heavy atom. The molecule has 2 aliphatic rings. The normalized spacial score (nSPS) is 28.8. The van der Waals surface area contributed by atoms with Gasteiger partial charge < -0.3 is 9.47 Å². The van der Waals surface area contributed by atoms with Crippen LogP contribution in [-0.2, 0) is 25.6 Å². The summed E-state index contributed by atoms with van der Waals surface area (Å²) in [4.78, 5) is 25.6. The molecule has 2 amide bonds. The van der Waals surface area contributed by atoms with Crippen molar-refractivity contribution in [2.45, 2.75) is 38.4 Å². The van der Waals surface area contributed by atoms with Gasteiger partial charge in [-0.2, -0.15) is 0 Å². The van der Waals surface area contributed by atoms with Crippen LogP contribution < -0.4 is 0 Å². The number of hydrogen-bond donors (Lipinski definition) is 0. The molecule has 1 aromatic rings. The Labute approximate surface area is 111 Å². The van der Waals surface area contributed by atoms with Crippen molar-refractivity contribution >= 4 is 11.8 Å². The minimum atomic E-state index is -0.876. The molecule has 2 aliphatic heterocycles. The molecule has 100 valence electrons. The van der Waals surface area contributed by atoms with Crippen LogP contribution in [0.3, 0.4) is 0 Å². The summed E-state index contributed by atoms with van der Waals surface area (Å²) in [7, 11) is 0. The molecular weight excluding hydrogens is 246 g/mol. The highest BCUT2D eigenvalue weighted by atomic mass is 16.8. The van der Waals surface area contributed by atoms with Gasteiger partial charge in [0.2, 0.25) is 0 Å². The zero-order valence-corrected chi connectivity index (χ0v) is 10.8. The molecule has 2 saturated heterocycles. The molecule has 0 spiro atoms. The topological polar surface area (TPSA) is 55.8 Å². The molecule has 0 saturated carbocycles. The maximum absolute atomic E-state index is 12.2. The third-order valence-corrected chi connectivity index (χ3v) is 3.30. The average Bonchev–Trinajstić information content (AvgIpc) is 2.80. The molecule has 2 heterocycles. The molecule has 0 aromatic heterocycles. The Balaban J connectivity index is 1.80. The molecule has 1 aromatic carbocycles. The number of carbonyl (C=O) groups is 2. The molecule has 5 nitrogen and oxygen atoms in total. The number of fused-ring (bicyclic) bond motifs is 1. The predicted molar refractivity (Wildman–Crippen MR) is 65.8 cm³/mol. The third-order valence-electron chi connectivity index (χ3n) is 3.30. The summed E-state index contributed by atoms with van der Waals surface area (Å²) in [5.41, 5.74) is 0.906. The monoisotopic (exact) mass is 261 g/mol. The molecule has 0 bridgehead atoms. The molecule has 2 fully saturated rings. The van der Waals surface area contributed by atoms with E-state index in [-0.39, 0.29) is 18.4 Å². The lowest BCUT2D eigenvalue weighted by atomic mass is 10.2. The van der Waals surface area contributed by atoms with Gasteiger partial charge in [-0.15, -0.1) is 0 Å². The number of nitrogens with zero attached hydrogens (tertiary/aromatic N) is 1. The first-order chi connectivity index (χ1) is 8.98. The first-order valence-corrected chi connectivity index (χ1v) is 6.23. The minimum absolute atomic E-state index is 0.263. The number of amides is 2. The lowest BCUT2D eigenvalue weighted by Crippen LogP contribution is -2.36. The van der Waals surface area contributed by atoms with Crippen LogP contribution in [0.15, 0.2) is 30.3 Å². The van der Waals surface area contributed by atoms with Crippen molar-refractivity contribution in [3.63, 3.8) is 0 Å². The van der Waals surface area contributed by atoms with Gasteiger partial charge in [0.1, 0.15) is 0 Å². The van der Waals surface area contributed by atoms with Gasteiger partial charge in [-0.05, 0) is 19.4 Å². The van der Waals surface area contributed by atoms with E-state index in [1.165, 1.54) is 4.90 Å². The quantitative estimate of drug-likeness (QED) is 0.747. The van der Waals surface area contributed by atoms with Crippen LogP contribution >= 0.6 is 0 Å². The third kappa shape index (κ3) is 2.05. The van der Waals surface area contributed by atoms with E-state index in [0.29, 0.717) is 0 Å². The summed E-state index contributed by atoms with van der Waals surface area (Å²) in [5.74, 6) is -1.51. The molecule has 2 atom stereocenters. The second-order valence-electron chi connectivity index (χ2n) is 5.22. The smallest absolute Gasteiger partial charge is 0.262 e. The van der Waals surface area contributed by atoms with Crippen molar-refractivity contribution in [3.05, 3.63) is 35.9 Å². The summed E-state index contributed by atoms with van der Waals surface area (Å²) in [6.45, 7) is 3.67. The number of carbonyl (C=O) groups excluding carboxylic acids is 2. The van der Waals surface area contributed by atoms with Crippen molar-refractivity contribution in [3.8, 4) is 0 Å². The van der Waals surface area contributed by atoms with E-state index in [4.69, 9.17) is 9.47 Å². The molecule has 0 radical (unpaired) electrons. The highest BCUT2D eigenvalue weighted by Gasteiger charge is 2.57. The van der Waals surface area contributed by atoms with Gasteiger partial charge in [0.15, 0.2) is 18.0 Å². The van der Waals surface area contributed by atoms with Crippen molar-refractivity contribution in [2.75, 3.05) is 0 Å². The molecule has 3 rings (SSSR count). The molecular formula is C14H15NO4. The number of ether oxygens (including phenoxy) is 2. The van der Waals surface area contributed by atoms with E-state index >= 15 is 0 Å². The zero-order valence-electron chi connectivity index (χ0n) is 10.8. The molecule has 0 N–H and O–H groups in total. The molecule has 0 unspecified atom stereocenters. The van der Waals surface area contributed by atoms with Crippen LogP contribution in [0.1, 0.15) is 19.4 Å². The van der Waals surface area contributed by atoms with Crippen LogP contribution in [0, 0.1) is 0 Å². The Hall–Kier alpha value is -1.72. The lowest BCUT2D eigenvalue weighted by Gasteiger charge is -2.21. The second-order valence-corrected chi connectivity index (χ2v) is 5.22. The van der Waals surface area contributed by atoms with Crippen molar-refractivity contribution in [2.24, 2.45) is 0 Å². The Kier molecular flexibility index (Phi) is 2.69. The van der Waals surface area contributed by atoms with E-state index in [2.05, 4.69) is 0 Å². The Bertz CT molecular complexity index is 500. The van der Waals surface area contributed by atoms with E-state index in [9.17, 15) is 9.59 Å². The lowest BCUT2D eigenvalue weighted by molar-refractivity contribution is -0.175. The highest BCUT2D eigenvalue weighted by molar-refractivity contribution is 6.08. The van der Waals surface area contributed by atoms with E-state index in [0.717, 1.165) is 5.56 Å². The van der Waals surface area contributed by atoms with Crippen LogP contribution in [0.4, 0.5) is 0 Å². The summed E-state index contributed by atoms with van der Waals surface area (Å²) in [5, 5.41) is 0. The molecule has 19 heavy (non-hydrogen) atoms. The summed E-state index contributed by atoms with van der Waals surface area (Å²) >= 11 is 0. The van der Waals surface area contributed by atoms with Gasteiger partial charge in [0.25, 0.3) is 11.8 Å². The predicted octanol–water partition coefficient (Wildman–Crippen LogP) is 1.08. The van der Waals surface area contributed by atoms with E-state index in [1.54, 1.807) is 13.8 Å². The summed E-state index contributed by atoms with van der Waals surface area (Å²) in [6.07, 6.45) is -1.60. The first-order valence-electron chi connectivity index (χ1n) is 6.23. The Morgan fingerprint density at radius 2 is 1.58 bits per heavy atom. The maximum Gasteiger partial charge on any atom is 0.262 e. The summed E-state index contributed by atoms with van der Waals surface area (Å²) in [6, 6.07) is 9.38. The summed E-state index contributed by atoms with van der Waals surface area (Å²) < 4.78 is 11.0. The van der Waals surface area contributed by atoms with Gasteiger partial charge >= 0.3 is 0 Å². The van der Waals surface area contributed by atoms with Gasteiger partial charge in [0.05, 0.1) is 6.54 Å². The fourth-order valence-corrected chi connectivity index (χ4v) is 2.46. The van der Waals surface area contributed by atoms with E-state index < -0.39 is 18.0 Å². The second kappa shape index (κ2) is 4.15. The van der Waals surface area contributed by atoms with Crippen LogP contribution in [-0.4, -0.2) is 34.7 Å². The van der Waals surface area contributed by atoms with Gasteiger partial charge in [-0.1, -0.05) is 30.3 Å². The number of imide groups is 1. The molecule has 5 heteroatoms. The Morgan fingerprint density at radius 1 is 1.05 bits per heavy atom. The van der Waals surface area contributed by atoms with Crippen molar-refractivity contribution in [1.82, 2.24) is 4.90 Å². The van der Waals surface area contributed by atoms with Gasteiger partial charge in [-0.3, -0.25) is 14.5 Å². The SMILES string of the molecule is CC1(C)O[C@@H]2C(=O)N(Cc3ccccc3)C(=O)[C@H]2O1. The fraction of sp³-hybridized carbons (Fsp3) is 0.429. The number of rotatable bonds is 2. The average molecular weight is 261 g/mol. The minimum Gasteiger partial charge on any atom is -0.334 e. The van der Waals surface area contributed by atoms with Crippen molar-refractivity contribution < 1.29 is 19.1 Å². The number of hydrogen-bond acceptors (Lipinski definition) is 4. The first kappa shape index (κ1) is 12.3. The highest BCUT2D eigenvalue weighted by Crippen LogP contribution is 2.35. The molecule has 0 aliphatic carbocycles. The van der Waals surface area contributed by atoms with Crippen LogP contribution in [0.5, 0.6) is 0 Å². The standard InChI is InChI=1S/C14H15NO4/c1-14(2)18-10-11(19-14)13(17)15(12(10)16)8-9-6-4-3-5-7-9/h3-7,10-11H,8H2,1-2H3/t10-,11-/m0/s1. The van der Waals surface area contributed by atoms with Gasteiger partial charge in [-0.25, -0.2) is 0 Å².